The molecule has 1 saturated carbocycles. The molecule has 0 atom stereocenters. The average Bonchev–Trinajstić information content (AvgIpc) is 3.18. The highest BCUT2D eigenvalue weighted by Gasteiger charge is 2.44. The van der Waals surface area contributed by atoms with Gasteiger partial charge in [0.15, 0.2) is 0 Å². The topological polar surface area (TPSA) is 124 Å². The number of benzene rings is 1. The lowest BCUT2D eigenvalue weighted by atomic mass is 10.1. The minimum absolute atomic E-state index is 0.133. The van der Waals surface area contributed by atoms with Gasteiger partial charge < -0.3 is 20.4 Å². The first-order valence-corrected chi connectivity index (χ1v) is 10.1. The fourth-order valence-corrected chi connectivity index (χ4v) is 3.98. The summed E-state index contributed by atoms with van der Waals surface area (Å²) in [5.74, 6) is 0.00327. The number of anilines is 2. The van der Waals surface area contributed by atoms with Gasteiger partial charge >= 0.3 is 0 Å². The highest BCUT2D eigenvalue weighted by molar-refractivity contribution is 6.19. The van der Waals surface area contributed by atoms with E-state index in [-0.39, 0.29) is 17.3 Å². The number of nitrogens with two attached hydrogens (primary N) is 1. The second-order valence-electron chi connectivity index (χ2n) is 8.08. The standard InChI is InChI=1S/C22H23N7O2/c1-22(7-8-22)29-18(14-9-26-27-10-14)16(17-19(23)24-12-25-20(17)29)21(30)28-15-5-3-13(4-6-15)11-31-2/h3-6,9-10,12H,7-8,11H2,1-2H3,(H,26,27)(H,28,30)(H2,23,24,25). The maximum atomic E-state index is 13.6. The lowest BCUT2D eigenvalue weighted by Crippen LogP contribution is -2.17. The zero-order valence-corrected chi connectivity index (χ0v) is 17.3. The number of rotatable bonds is 6. The highest BCUT2D eigenvalue weighted by atomic mass is 16.5. The summed E-state index contributed by atoms with van der Waals surface area (Å²) >= 11 is 0. The largest absolute Gasteiger partial charge is 0.383 e. The Morgan fingerprint density at radius 3 is 2.71 bits per heavy atom. The molecule has 1 fully saturated rings. The van der Waals surface area contributed by atoms with Crippen LogP contribution in [0.3, 0.4) is 0 Å². The molecule has 0 bridgehead atoms. The molecule has 1 aliphatic carbocycles. The first-order valence-electron chi connectivity index (χ1n) is 10.1. The zero-order valence-electron chi connectivity index (χ0n) is 17.3. The first kappa shape index (κ1) is 19.3. The molecule has 5 rings (SSSR count). The van der Waals surface area contributed by atoms with Crippen molar-refractivity contribution in [1.29, 1.82) is 0 Å². The van der Waals surface area contributed by atoms with Crippen LogP contribution in [-0.4, -0.2) is 37.7 Å². The Morgan fingerprint density at radius 1 is 1.29 bits per heavy atom. The Kier molecular flexibility index (Phi) is 4.48. The number of fused-ring (bicyclic) bond motifs is 1. The quantitative estimate of drug-likeness (QED) is 0.442. The molecule has 31 heavy (non-hydrogen) atoms. The summed E-state index contributed by atoms with van der Waals surface area (Å²) in [6.45, 7) is 2.67. The van der Waals surface area contributed by atoms with Crippen molar-refractivity contribution in [2.24, 2.45) is 0 Å². The van der Waals surface area contributed by atoms with Crippen LogP contribution >= 0.6 is 0 Å². The number of aromatic amines is 1. The summed E-state index contributed by atoms with van der Waals surface area (Å²) in [4.78, 5) is 22.2. The Labute approximate surface area is 178 Å². The molecule has 9 heteroatoms. The summed E-state index contributed by atoms with van der Waals surface area (Å²) in [6.07, 6.45) is 6.91. The van der Waals surface area contributed by atoms with Crippen molar-refractivity contribution < 1.29 is 9.53 Å². The summed E-state index contributed by atoms with van der Waals surface area (Å²) < 4.78 is 7.26. The number of nitrogen functional groups attached to an aromatic ring is 1. The van der Waals surface area contributed by atoms with E-state index >= 15 is 0 Å². The molecule has 3 aromatic heterocycles. The van der Waals surface area contributed by atoms with Crippen molar-refractivity contribution >= 4 is 28.4 Å². The number of carbonyl (C=O) groups excluding carboxylic acids is 1. The van der Waals surface area contributed by atoms with E-state index in [1.165, 1.54) is 6.33 Å². The number of methoxy groups -OCH3 is 1. The molecule has 1 aromatic carbocycles. The Hall–Kier alpha value is -3.72. The molecule has 4 N–H and O–H groups in total. The predicted octanol–water partition coefficient (Wildman–Crippen LogP) is 3.31. The zero-order chi connectivity index (χ0) is 21.6. The van der Waals surface area contributed by atoms with Gasteiger partial charge in [-0.1, -0.05) is 12.1 Å². The van der Waals surface area contributed by atoms with Gasteiger partial charge in [-0.3, -0.25) is 9.89 Å². The van der Waals surface area contributed by atoms with E-state index in [1.54, 1.807) is 19.5 Å². The van der Waals surface area contributed by atoms with Gasteiger partial charge in [0.05, 0.1) is 29.4 Å². The number of ether oxygens (including phenoxy) is 1. The fourth-order valence-electron chi connectivity index (χ4n) is 3.98. The van der Waals surface area contributed by atoms with E-state index in [0.717, 1.165) is 29.7 Å². The number of H-pyrrole nitrogens is 1. The number of aromatic nitrogens is 5. The third kappa shape index (κ3) is 3.23. The van der Waals surface area contributed by atoms with Gasteiger partial charge in [-0.2, -0.15) is 5.10 Å². The highest BCUT2D eigenvalue weighted by Crippen LogP contribution is 2.49. The van der Waals surface area contributed by atoms with Crippen LogP contribution < -0.4 is 11.1 Å². The molecule has 0 spiro atoms. The van der Waals surface area contributed by atoms with Crippen molar-refractivity contribution in [2.45, 2.75) is 31.9 Å². The maximum Gasteiger partial charge on any atom is 0.258 e. The van der Waals surface area contributed by atoms with Gasteiger partial charge in [0.2, 0.25) is 0 Å². The number of hydrogen-bond donors (Lipinski definition) is 3. The van der Waals surface area contributed by atoms with E-state index in [0.29, 0.717) is 28.9 Å². The van der Waals surface area contributed by atoms with Gasteiger partial charge in [-0.15, -0.1) is 0 Å². The molecule has 158 valence electrons. The van der Waals surface area contributed by atoms with E-state index < -0.39 is 0 Å². The Balaban J connectivity index is 1.67. The van der Waals surface area contributed by atoms with Gasteiger partial charge in [0.25, 0.3) is 5.91 Å². The number of nitrogens with one attached hydrogen (secondary N) is 2. The van der Waals surface area contributed by atoms with Crippen LogP contribution in [0.25, 0.3) is 22.3 Å². The van der Waals surface area contributed by atoms with Crippen molar-refractivity contribution in [2.75, 3.05) is 18.2 Å². The molecule has 0 radical (unpaired) electrons. The second kappa shape index (κ2) is 7.21. The SMILES string of the molecule is COCc1ccc(NC(=O)c2c(-c3cn[nH]c3)n(C3(C)CC3)c3ncnc(N)c23)cc1. The number of hydrogen-bond acceptors (Lipinski definition) is 6. The van der Waals surface area contributed by atoms with Crippen LogP contribution in [0.4, 0.5) is 11.5 Å². The minimum atomic E-state index is -0.273. The lowest BCUT2D eigenvalue weighted by Gasteiger charge is -2.17. The lowest BCUT2D eigenvalue weighted by molar-refractivity contribution is 0.102. The van der Waals surface area contributed by atoms with Crippen LogP contribution in [0.5, 0.6) is 0 Å². The predicted molar refractivity (Wildman–Crippen MR) is 118 cm³/mol. The summed E-state index contributed by atoms with van der Waals surface area (Å²) in [5.41, 5.74) is 10.5. The van der Waals surface area contributed by atoms with Crippen molar-refractivity contribution in [3.63, 3.8) is 0 Å². The number of nitrogens with zero attached hydrogens (tertiary/aromatic N) is 4. The van der Waals surface area contributed by atoms with Crippen LogP contribution in [0.15, 0.2) is 43.0 Å². The van der Waals surface area contributed by atoms with E-state index in [9.17, 15) is 4.79 Å². The second-order valence-corrected chi connectivity index (χ2v) is 8.08. The fraction of sp³-hybridized carbons (Fsp3) is 0.273. The third-order valence-corrected chi connectivity index (χ3v) is 5.81. The van der Waals surface area contributed by atoms with Crippen LogP contribution in [0.2, 0.25) is 0 Å². The molecule has 0 saturated heterocycles. The monoisotopic (exact) mass is 417 g/mol. The normalized spacial score (nSPS) is 14.6. The molecule has 4 aromatic rings. The van der Waals surface area contributed by atoms with Gasteiger partial charge in [-0.25, -0.2) is 9.97 Å². The van der Waals surface area contributed by atoms with Crippen LogP contribution in [-0.2, 0) is 16.9 Å². The van der Waals surface area contributed by atoms with Crippen molar-refractivity contribution in [3.05, 3.63) is 54.1 Å². The average molecular weight is 417 g/mol. The summed E-state index contributed by atoms with van der Waals surface area (Å²) in [7, 11) is 1.65. The first-order chi connectivity index (χ1) is 15.0. The Morgan fingerprint density at radius 2 is 2.06 bits per heavy atom. The van der Waals surface area contributed by atoms with Crippen LogP contribution in [0.1, 0.15) is 35.7 Å². The molecule has 0 unspecified atom stereocenters. The molecule has 1 amide bonds. The summed E-state index contributed by atoms with van der Waals surface area (Å²) in [6, 6.07) is 7.54. The molecular weight excluding hydrogens is 394 g/mol. The van der Waals surface area contributed by atoms with Crippen molar-refractivity contribution in [3.8, 4) is 11.3 Å². The van der Waals surface area contributed by atoms with Gasteiger partial charge in [0.1, 0.15) is 17.8 Å². The van der Waals surface area contributed by atoms with Crippen LogP contribution in [0, 0.1) is 0 Å². The van der Waals surface area contributed by atoms with Crippen molar-refractivity contribution in [1.82, 2.24) is 24.7 Å². The molecule has 1 aliphatic rings. The Bertz CT molecular complexity index is 1260. The molecule has 9 nitrogen and oxygen atoms in total. The smallest absolute Gasteiger partial charge is 0.258 e. The van der Waals surface area contributed by atoms with E-state index in [2.05, 4.69) is 37.0 Å². The molecule has 3 heterocycles. The van der Waals surface area contributed by atoms with Gasteiger partial charge in [0, 0.05) is 30.1 Å². The van der Waals surface area contributed by atoms with Gasteiger partial charge in [-0.05, 0) is 37.5 Å². The van der Waals surface area contributed by atoms with E-state index in [4.69, 9.17) is 10.5 Å². The maximum absolute atomic E-state index is 13.6. The third-order valence-electron chi connectivity index (χ3n) is 5.81. The molecule has 0 aliphatic heterocycles. The minimum Gasteiger partial charge on any atom is -0.383 e. The number of carbonyl (C=O) groups is 1. The summed E-state index contributed by atoms with van der Waals surface area (Å²) in [5, 5.41) is 10.5. The number of amides is 1. The molecular formula is C22H23N7O2. The van der Waals surface area contributed by atoms with E-state index in [1.807, 2.05) is 24.3 Å².